The second-order valence-electron chi connectivity index (χ2n) is 10.1. The summed E-state index contributed by atoms with van der Waals surface area (Å²) in [6, 6.07) is 7.86. The van der Waals surface area contributed by atoms with Gasteiger partial charge in [0.05, 0.1) is 17.8 Å². The van der Waals surface area contributed by atoms with Gasteiger partial charge in [-0.2, -0.15) is 0 Å². The normalized spacial score (nSPS) is 19.6. The fourth-order valence-corrected chi connectivity index (χ4v) is 5.30. The zero-order valence-electron chi connectivity index (χ0n) is 19.3. The Hall–Kier alpha value is -1.71. The molecule has 0 aliphatic heterocycles. The Bertz CT molecular complexity index is 676. The minimum absolute atomic E-state index is 0.0247. The molecule has 1 aromatic carbocycles. The highest BCUT2D eigenvalue weighted by Gasteiger charge is 2.26. The van der Waals surface area contributed by atoms with E-state index >= 15 is 0 Å². The third-order valence-electron chi connectivity index (χ3n) is 6.92. The van der Waals surface area contributed by atoms with E-state index in [1.54, 1.807) is 0 Å². The van der Waals surface area contributed by atoms with Gasteiger partial charge in [0, 0.05) is 18.6 Å². The molecule has 1 unspecified atom stereocenters. The third kappa shape index (κ3) is 6.39. The molecule has 4 nitrogen and oxygen atoms in total. The van der Waals surface area contributed by atoms with Gasteiger partial charge in [-0.05, 0) is 55.2 Å². The molecule has 3 rings (SSSR count). The van der Waals surface area contributed by atoms with Crippen LogP contribution >= 0.6 is 0 Å². The summed E-state index contributed by atoms with van der Waals surface area (Å²) in [6.45, 7) is 7.73. The summed E-state index contributed by atoms with van der Waals surface area (Å²) in [4.78, 5) is 13.9. The molecule has 2 aliphatic carbocycles. The number of anilines is 2. The van der Waals surface area contributed by atoms with E-state index in [0.29, 0.717) is 18.0 Å². The average molecular weight is 415 g/mol. The van der Waals surface area contributed by atoms with Crippen molar-refractivity contribution in [2.45, 2.75) is 109 Å². The first-order valence-electron chi connectivity index (χ1n) is 12.3. The lowest BCUT2D eigenvalue weighted by Crippen LogP contribution is -2.40. The maximum absolute atomic E-state index is 11.3. The molecule has 0 amide bonds. The molecule has 2 N–H and O–H groups in total. The van der Waals surface area contributed by atoms with Gasteiger partial charge in [-0.25, -0.2) is 0 Å². The molecular weight excluding hydrogens is 372 g/mol. The van der Waals surface area contributed by atoms with Crippen molar-refractivity contribution in [2.75, 3.05) is 16.8 Å². The molecule has 168 valence electrons. The quantitative estimate of drug-likeness (QED) is 0.466. The number of carbonyl (C=O) groups is 1. The number of benzene rings is 1. The minimum atomic E-state index is -0.725. The fraction of sp³-hybridized carbons (Fsp3) is 0.731. The molecule has 2 saturated carbocycles. The van der Waals surface area contributed by atoms with Gasteiger partial charge in [0.25, 0.3) is 0 Å². The highest BCUT2D eigenvalue weighted by Crippen LogP contribution is 2.37. The highest BCUT2D eigenvalue weighted by atomic mass is 16.4. The Morgan fingerprint density at radius 3 is 2.27 bits per heavy atom. The number of rotatable bonds is 9. The Balaban J connectivity index is 1.92. The topological polar surface area (TPSA) is 52.6 Å². The number of nitrogens with zero attached hydrogens (tertiary/aromatic N) is 1. The van der Waals surface area contributed by atoms with Crippen molar-refractivity contribution in [3.8, 4) is 0 Å². The SMILES string of the molecule is CC(C)CN(c1ccc(C(C)CC(=O)O)cc1NC1CCCCC1)C1CCCCC1. The minimum Gasteiger partial charge on any atom is -0.481 e. The molecule has 0 heterocycles. The van der Waals surface area contributed by atoms with Crippen LogP contribution in [0.15, 0.2) is 18.2 Å². The lowest BCUT2D eigenvalue weighted by Gasteiger charge is -2.39. The number of carboxylic acid groups (broad SMARTS) is 1. The van der Waals surface area contributed by atoms with E-state index in [9.17, 15) is 9.90 Å². The predicted octanol–water partition coefficient (Wildman–Crippen LogP) is 6.80. The van der Waals surface area contributed by atoms with Crippen molar-refractivity contribution in [3.05, 3.63) is 23.8 Å². The third-order valence-corrected chi connectivity index (χ3v) is 6.92. The van der Waals surface area contributed by atoms with Gasteiger partial charge in [-0.3, -0.25) is 4.79 Å². The molecule has 0 bridgehead atoms. The molecule has 1 atom stereocenters. The van der Waals surface area contributed by atoms with Gasteiger partial charge in [-0.1, -0.05) is 65.4 Å². The molecular formula is C26H42N2O2. The van der Waals surface area contributed by atoms with Crippen LogP contribution in [0.1, 0.15) is 103 Å². The molecule has 2 aliphatic rings. The van der Waals surface area contributed by atoms with Crippen LogP contribution in [0.2, 0.25) is 0 Å². The van der Waals surface area contributed by atoms with E-state index in [0.717, 1.165) is 12.1 Å². The van der Waals surface area contributed by atoms with Crippen molar-refractivity contribution < 1.29 is 9.90 Å². The Labute approximate surface area is 183 Å². The van der Waals surface area contributed by atoms with E-state index in [2.05, 4.69) is 42.3 Å². The first kappa shape index (κ1) is 23.0. The summed E-state index contributed by atoms with van der Waals surface area (Å²) in [5.41, 5.74) is 3.68. The molecule has 0 radical (unpaired) electrons. The van der Waals surface area contributed by atoms with Gasteiger partial charge in [0.1, 0.15) is 0 Å². The molecule has 0 spiro atoms. The van der Waals surface area contributed by atoms with Crippen LogP contribution in [0.4, 0.5) is 11.4 Å². The summed E-state index contributed by atoms with van der Waals surface area (Å²) < 4.78 is 0. The summed E-state index contributed by atoms with van der Waals surface area (Å²) in [7, 11) is 0. The summed E-state index contributed by atoms with van der Waals surface area (Å²) in [6.07, 6.45) is 13.2. The van der Waals surface area contributed by atoms with Crippen LogP contribution in [0.3, 0.4) is 0 Å². The molecule has 30 heavy (non-hydrogen) atoms. The van der Waals surface area contributed by atoms with Crippen molar-refractivity contribution in [1.29, 1.82) is 0 Å². The maximum Gasteiger partial charge on any atom is 0.303 e. The lowest BCUT2D eigenvalue weighted by atomic mass is 9.91. The van der Waals surface area contributed by atoms with E-state index in [1.165, 1.54) is 75.6 Å². The molecule has 0 saturated heterocycles. The second-order valence-corrected chi connectivity index (χ2v) is 10.1. The van der Waals surface area contributed by atoms with Crippen LogP contribution in [-0.4, -0.2) is 29.7 Å². The maximum atomic E-state index is 11.3. The van der Waals surface area contributed by atoms with E-state index in [4.69, 9.17) is 0 Å². The highest BCUT2D eigenvalue weighted by molar-refractivity contribution is 5.73. The van der Waals surface area contributed by atoms with E-state index < -0.39 is 5.97 Å². The molecule has 0 aromatic heterocycles. The van der Waals surface area contributed by atoms with E-state index in [1.807, 2.05) is 6.92 Å². The van der Waals surface area contributed by atoms with Crippen LogP contribution in [-0.2, 0) is 4.79 Å². The number of nitrogens with one attached hydrogen (secondary N) is 1. The van der Waals surface area contributed by atoms with Crippen molar-refractivity contribution in [2.24, 2.45) is 5.92 Å². The van der Waals surface area contributed by atoms with Crippen molar-refractivity contribution in [3.63, 3.8) is 0 Å². The molecule has 1 aromatic rings. The van der Waals surface area contributed by atoms with Crippen LogP contribution in [0, 0.1) is 5.92 Å². The number of aliphatic carboxylic acids is 1. The zero-order valence-corrected chi connectivity index (χ0v) is 19.3. The van der Waals surface area contributed by atoms with Gasteiger partial charge in [-0.15, -0.1) is 0 Å². The standard InChI is InChI=1S/C26H42N2O2/c1-19(2)18-28(23-12-8-5-9-13-23)25-15-14-21(20(3)16-26(29)30)17-24(25)27-22-10-6-4-7-11-22/h14-15,17,19-20,22-23,27H,4-13,16,18H2,1-3H3,(H,29,30). The van der Waals surface area contributed by atoms with E-state index in [-0.39, 0.29) is 12.3 Å². The number of hydrogen-bond acceptors (Lipinski definition) is 3. The number of hydrogen-bond donors (Lipinski definition) is 2. The molecule has 2 fully saturated rings. The Morgan fingerprint density at radius 1 is 1.03 bits per heavy atom. The predicted molar refractivity (Wildman–Crippen MR) is 127 cm³/mol. The monoisotopic (exact) mass is 414 g/mol. The Kier molecular flexibility index (Phi) is 8.47. The smallest absolute Gasteiger partial charge is 0.303 e. The first-order valence-corrected chi connectivity index (χ1v) is 12.3. The first-order chi connectivity index (χ1) is 14.4. The molecule has 4 heteroatoms. The lowest BCUT2D eigenvalue weighted by molar-refractivity contribution is -0.137. The van der Waals surface area contributed by atoms with Gasteiger partial charge < -0.3 is 15.3 Å². The number of carboxylic acids is 1. The van der Waals surface area contributed by atoms with Crippen LogP contribution < -0.4 is 10.2 Å². The summed E-state index contributed by atoms with van der Waals surface area (Å²) in [5.74, 6) is -0.0891. The van der Waals surface area contributed by atoms with Crippen LogP contribution in [0.25, 0.3) is 0 Å². The Morgan fingerprint density at radius 2 is 1.67 bits per heavy atom. The zero-order chi connectivity index (χ0) is 21.5. The fourth-order valence-electron chi connectivity index (χ4n) is 5.30. The van der Waals surface area contributed by atoms with Crippen LogP contribution in [0.5, 0.6) is 0 Å². The van der Waals surface area contributed by atoms with Crippen molar-refractivity contribution >= 4 is 17.3 Å². The summed E-state index contributed by atoms with van der Waals surface area (Å²) in [5, 5.41) is 13.2. The average Bonchev–Trinajstić information content (AvgIpc) is 2.73. The summed E-state index contributed by atoms with van der Waals surface area (Å²) >= 11 is 0. The van der Waals surface area contributed by atoms with Gasteiger partial charge in [0.15, 0.2) is 0 Å². The van der Waals surface area contributed by atoms with Gasteiger partial charge in [0.2, 0.25) is 0 Å². The second kappa shape index (κ2) is 11.1. The largest absolute Gasteiger partial charge is 0.481 e. The van der Waals surface area contributed by atoms with Gasteiger partial charge >= 0.3 is 5.97 Å². The van der Waals surface area contributed by atoms with Crippen molar-refractivity contribution in [1.82, 2.24) is 0 Å².